The number of nitrogens with zero attached hydrogens (tertiary/aromatic N) is 7. The molecule has 5 heterocycles. The maximum Gasteiger partial charge on any atom is 0.387 e. The number of carbonyl (C=O) groups excluding carboxylic acids is 2. The fourth-order valence-corrected chi connectivity index (χ4v) is 6.23. The second-order valence-electron chi connectivity index (χ2n) is 10.6. The molecule has 13 nitrogen and oxygen atoms in total. The summed E-state index contributed by atoms with van der Waals surface area (Å²) in [6.07, 6.45) is 9.43. The third-order valence-corrected chi connectivity index (χ3v) is 8.73. The molecule has 0 saturated carbocycles. The van der Waals surface area contributed by atoms with Crippen LogP contribution in [0.2, 0.25) is 0 Å². The standard InChI is InChI=1S/C29H32F2N8O5S/c1-45-24-13-19(23(14-22(24)40)44-29(30)31)26-21(34-28(42)20-15-33-39-6-2-5-32-27(20)39)16-38(35-26)17-25(41)37-7-3-18(4-8-37)36-9-11-43-12-10-36/h2,5-6,13-16,18,29,40H,3-4,7-12,17H2,1H3,(H,34,42). The van der Waals surface area contributed by atoms with Gasteiger partial charge in [0.05, 0.1) is 25.1 Å². The minimum absolute atomic E-state index is 0.0811. The van der Waals surface area contributed by atoms with Crippen LogP contribution in [0.4, 0.5) is 14.5 Å². The Kier molecular flexibility index (Phi) is 9.14. The number of rotatable bonds is 9. The van der Waals surface area contributed by atoms with Crippen molar-refractivity contribution in [3.63, 3.8) is 0 Å². The van der Waals surface area contributed by atoms with Crippen molar-refractivity contribution in [3.8, 4) is 22.8 Å². The van der Waals surface area contributed by atoms with Crippen LogP contribution in [-0.4, -0.2) is 109 Å². The normalized spacial score (nSPS) is 16.4. The highest BCUT2D eigenvalue weighted by Gasteiger charge is 2.29. The van der Waals surface area contributed by atoms with Crippen LogP contribution in [-0.2, 0) is 16.1 Å². The molecule has 0 spiro atoms. The summed E-state index contributed by atoms with van der Waals surface area (Å²) in [5, 5.41) is 21.9. The largest absolute Gasteiger partial charge is 0.507 e. The smallest absolute Gasteiger partial charge is 0.387 e. The molecule has 2 aliphatic rings. The number of thioether (sulfide) groups is 1. The van der Waals surface area contributed by atoms with Gasteiger partial charge in [0.15, 0.2) is 5.65 Å². The lowest BCUT2D eigenvalue weighted by molar-refractivity contribution is -0.133. The van der Waals surface area contributed by atoms with Gasteiger partial charge in [0, 0.05) is 67.3 Å². The molecule has 3 aromatic heterocycles. The van der Waals surface area contributed by atoms with Gasteiger partial charge >= 0.3 is 6.61 Å². The Balaban J connectivity index is 1.28. The van der Waals surface area contributed by atoms with Crippen LogP contribution in [0, 0.1) is 0 Å². The van der Waals surface area contributed by atoms with E-state index >= 15 is 0 Å². The molecule has 0 aliphatic carbocycles. The van der Waals surface area contributed by atoms with Gasteiger partial charge in [0.2, 0.25) is 5.91 Å². The molecule has 2 fully saturated rings. The molecule has 2 aliphatic heterocycles. The van der Waals surface area contributed by atoms with Crippen LogP contribution in [0.15, 0.2) is 47.9 Å². The fraction of sp³-hybridized carbons (Fsp3) is 0.414. The van der Waals surface area contributed by atoms with E-state index in [1.165, 1.54) is 45.6 Å². The van der Waals surface area contributed by atoms with Crippen molar-refractivity contribution < 1.29 is 33.0 Å². The lowest BCUT2D eigenvalue weighted by Gasteiger charge is -2.40. The van der Waals surface area contributed by atoms with Crippen molar-refractivity contribution in [2.75, 3.05) is 51.0 Å². The average Bonchev–Trinajstić information content (AvgIpc) is 3.65. The molecule has 2 N–H and O–H groups in total. The maximum atomic E-state index is 13.4. The molecular weight excluding hydrogens is 610 g/mol. The Labute approximate surface area is 261 Å². The van der Waals surface area contributed by atoms with Crippen LogP contribution in [0.3, 0.4) is 0 Å². The topological polar surface area (TPSA) is 139 Å². The zero-order valence-corrected chi connectivity index (χ0v) is 25.3. The SMILES string of the molecule is CSc1cc(-c2nn(CC(=O)N3CCC(N4CCOCC4)CC3)cc2NC(=O)c2cnn3cccnc23)c(OC(F)F)cc1O. The molecule has 2 saturated heterocycles. The van der Waals surface area contributed by atoms with Crippen molar-refractivity contribution in [1.82, 2.24) is 34.2 Å². The first-order chi connectivity index (χ1) is 21.8. The summed E-state index contributed by atoms with van der Waals surface area (Å²) in [5.41, 5.74) is 0.815. The van der Waals surface area contributed by atoms with Crippen LogP contribution in [0.25, 0.3) is 16.9 Å². The molecule has 16 heteroatoms. The molecule has 0 atom stereocenters. The molecule has 0 unspecified atom stereocenters. The number of hydrogen-bond donors (Lipinski definition) is 2. The number of aromatic nitrogens is 5. The molecule has 0 radical (unpaired) electrons. The number of piperidine rings is 1. The molecule has 45 heavy (non-hydrogen) atoms. The van der Waals surface area contributed by atoms with E-state index in [4.69, 9.17) is 9.47 Å². The number of hydrogen-bond acceptors (Lipinski definition) is 10. The summed E-state index contributed by atoms with van der Waals surface area (Å²) in [5.74, 6) is -1.31. The Hall–Kier alpha value is -4.28. The van der Waals surface area contributed by atoms with Gasteiger partial charge in [-0.25, -0.2) is 9.50 Å². The van der Waals surface area contributed by atoms with Gasteiger partial charge in [0.25, 0.3) is 5.91 Å². The van der Waals surface area contributed by atoms with E-state index in [1.54, 1.807) is 23.4 Å². The molecule has 2 amide bonds. The van der Waals surface area contributed by atoms with E-state index in [0.717, 1.165) is 45.2 Å². The first kappa shape index (κ1) is 30.7. The van der Waals surface area contributed by atoms with Crippen molar-refractivity contribution in [2.45, 2.75) is 36.9 Å². The lowest BCUT2D eigenvalue weighted by Crippen LogP contribution is -2.50. The predicted molar refractivity (Wildman–Crippen MR) is 161 cm³/mol. The van der Waals surface area contributed by atoms with Gasteiger partial charge < -0.3 is 24.8 Å². The number of carbonyl (C=O) groups is 2. The molecule has 1 aromatic carbocycles. The number of alkyl halides is 2. The molecule has 238 valence electrons. The third-order valence-electron chi connectivity index (χ3n) is 7.96. The van der Waals surface area contributed by atoms with E-state index < -0.39 is 12.5 Å². The first-order valence-corrected chi connectivity index (χ1v) is 15.7. The van der Waals surface area contributed by atoms with Gasteiger partial charge in [-0.1, -0.05) is 0 Å². The monoisotopic (exact) mass is 642 g/mol. The Morgan fingerprint density at radius 3 is 2.71 bits per heavy atom. The van der Waals surface area contributed by atoms with Gasteiger partial charge in [-0.15, -0.1) is 11.8 Å². The number of aromatic hydroxyl groups is 1. The first-order valence-electron chi connectivity index (χ1n) is 14.4. The van der Waals surface area contributed by atoms with Gasteiger partial charge in [0.1, 0.15) is 29.3 Å². The number of ether oxygens (including phenoxy) is 2. The van der Waals surface area contributed by atoms with Crippen LogP contribution in [0.1, 0.15) is 23.2 Å². The number of nitrogens with one attached hydrogen (secondary N) is 1. The quantitative estimate of drug-likeness (QED) is 0.262. The maximum absolute atomic E-state index is 13.4. The predicted octanol–water partition coefficient (Wildman–Crippen LogP) is 3.20. The van der Waals surface area contributed by atoms with Crippen molar-refractivity contribution >= 4 is 34.9 Å². The van der Waals surface area contributed by atoms with E-state index in [9.17, 15) is 23.5 Å². The van der Waals surface area contributed by atoms with Crippen molar-refractivity contribution in [3.05, 3.63) is 48.5 Å². The number of anilines is 1. The number of phenolic OH excluding ortho intramolecular Hbond substituents is 1. The van der Waals surface area contributed by atoms with E-state index in [0.29, 0.717) is 29.7 Å². The van der Waals surface area contributed by atoms with E-state index in [-0.39, 0.29) is 46.5 Å². The summed E-state index contributed by atoms with van der Waals surface area (Å²) in [6.45, 7) is 1.09. The fourth-order valence-electron chi connectivity index (χ4n) is 5.72. The number of amides is 2. The zero-order chi connectivity index (χ0) is 31.5. The Morgan fingerprint density at radius 1 is 1.20 bits per heavy atom. The summed E-state index contributed by atoms with van der Waals surface area (Å²) in [6, 6.07) is 4.61. The summed E-state index contributed by atoms with van der Waals surface area (Å²) >= 11 is 1.19. The second-order valence-corrected chi connectivity index (χ2v) is 11.5. The van der Waals surface area contributed by atoms with E-state index in [1.807, 2.05) is 0 Å². The minimum Gasteiger partial charge on any atom is -0.507 e. The highest BCUT2D eigenvalue weighted by atomic mass is 32.2. The lowest BCUT2D eigenvalue weighted by atomic mass is 10.0. The van der Waals surface area contributed by atoms with E-state index in [2.05, 4.69) is 25.4 Å². The second kappa shape index (κ2) is 13.4. The number of morpholine rings is 1. The molecular formula is C29H32F2N8O5S. The number of phenols is 1. The Morgan fingerprint density at radius 2 is 1.98 bits per heavy atom. The Bertz CT molecular complexity index is 1680. The summed E-state index contributed by atoms with van der Waals surface area (Å²) in [4.78, 5) is 35.6. The molecule has 6 rings (SSSR count). The van der Waals surface area contributed by atoms with Crippen LogP contribution >= 0.6 is 11.8 Å². The number of likely N-dealkylation sites (tertiary alicyclic amines) is 1. The highest BCUT2D eigenvalue weighted by molar-refractivity contribution is 7.98. The van der Waals surface area contributed by atoms with Crippen LogP contribution in [0.5, 0.6) is 11.5 Å². The van der Waals surface area contributed by atoms with Crippen molar-refractivity contribution in [2.24, 2.45) is 0 Å². The van der Waals surface area contributed by atoms with Gasteiger partial charge in [-0.05, 0) is 31.2 Å². The average molecular weight is 643 g/mol. The molecule has 0 bridgehead atoms. The zero-order valence-electron chi connectivity index (χ0n) is 24.4. The number of halogens is 2. The van der Waals surface area contributed by atoms with Gasteiger partial charge in [-0.3, -0.25) is 19.2 Å². The molecule has 4 aromatic rings. The third kappa shape index (κ3) is 6.72. The van der Waals surface area contributed by atoms with Crippen molar-refractivity contribution in [1.29, 1.82) is 0 Å². The number of fused-ring (bicyclic) bond motifs is 1. The summed E-state index contributed by atoms with van der Waals surface area (Å²) in [7, 11) is 0. The highest BCUT2D eigenvalue weighted by Crippen LogP contribution is 2.42. The van der Waals surface area contributed by atoms with Gasteiger partial charge in [-0.2, -0.15) is 19.0 Å². The summed E-state index contributed by atoms with van der Waals surface area (Å²) < 4.78 is 39.9. The van der Waals surface area contributed by atoms with Crippen LogP contribution < -0.4 is 10.1 Å². The number of benzene rings is 1. The minimum atomic E-state index is -3.18.